The molecule has 2 aliphatic heterocycles. The van der Waals surface area contributed by atoms with Crippen molar-refractivity contribution in [1.29, 1.82) is 0 Å². The lowest BCUT2D eigenvalue weighted by molar-refractivity contribution is -0.144. The summed E-state index contributed by atoms with van der Waals surface area (Å²) >= 11 is 0. The van der Waals surface area contributed by atoms with Crippen LogP contribution in [-0.2, 0) is 14.4 Å². The average Bonchev–Trinajstić information content (AvgIpc) is 2.83. The van der Waals surface area contributed by atoms with Gasteiger partial charge in [-0.25, -0.2) is 0 Å². The van der Waals surface area contributed by atoms with Crippen LogP contribution in [0.5, 0.6) is 0 Å². The topological polar surface area (TPSA) is 57.7 Å². The largest absolute Gasteiger partial charge is 0.341 e. The van der Waals surface area contributed by atoms with Gasteiger partial charge in [-0.15, -0.1) is 0 Å². The fourth-order valence-electron chi connectivity index (χ4n) is 1.99. The van der Waals surface area contributed by atoms with Crippen LogP contribution >= 0.6 is 0 Å². The van der Waals surface area contributed by atoms with Gasteiger partial charge in [0.2, 0.25) is 5.91 Å². The molecule has 0 radical (unpaired) electrons. The van der Waals surface area contributed by atoms with Crippen molar-refractivity contribution in [2.45, 2.75) is 19.8 Å². The smallest absolute Gasteiger partial charge is 0.257 e. The Bertz CT molecular complexity index is 381. The molecule has 0 aromatic rings. The van der Waals surface area contributed by atoms with Crippen molar-refractivity contribution < 1.29 is 14.4 Å². The number of hydrogen-bond donors (Lipinski definition) is 0. The summed E-state index contributed by atoms with van der Waals surface area (Å²) < 4.78 is 0. The van der Waals surface area contributed by atoms with Gasteiger partial charge in [-0.05, 0) is 19.8 Å². The minimum atomic E-state index is -0.380. The van der Waals surface area contributed by atoms with Crippen molar-refractivity contribution in [2.75, 3.05) is 19.6 Å². The maximum Gasteiger partial charge on any atom is 0.257 e. The Morgan fingerprint density at radius 1 is 1.31 bits per heavy atom. The van der Waals surface area contributed by atoms with Gasteiger partial charge >= 0.3 is 0 Å². The van der Waals surface area contributed by atoms with E-state index in [1.54, 1.807) is 11.8 Å². The Balaban J connectivity index is 1.98. The summed E-state index contributed by atoms with van der Waals surface area (Å²) in [6, 6.07) is 0. The Hall–Kier alpha value is -1.65. The van der Waals surface area contributed by atoms with Crippen molar-refractivity contribution in [1.82, 2.24) is 9.80 Å². The highest BCUT2D eigenvalue weighted by Crippen LogP contribution is 2.13. The van der Waals surface area contributed by atoms with Gasteiger partial charge < -0.3 is 4.90 Å². The van der Waals surface area contributed by atoms with Gasteiger partial charge in [-0.3, -0.25) is 19.3 Å². The monoisotopic (exact) mass is 222 g/mol. The van der Waals surface area contributed by atoms with E-state index < -0.39 is 0 Å². The molecular weight excluding hydrogens is 208 g/mol. The molecule has 2 heterocycles. The molecule has 0 aromatic heterocycles. The van der Waals surface area contributed by atoms with E-state index in [9.17, 15) is 14.4 Å². The number of likely N-dealkylation sites (tertiary alicyclic amines) is 1. The van der Waals surface area contributed by atoms with Gasteiger partial charge in [-0.2, -0.15) is 0 Å². The molecule has 0 aromatic carbocycles. The number of carbonyl (C=O) groups excluding carboxylic acids is 3. The quantitative estimate of drug-likeness (QED) is 0.614. The average molecular weight is 222 g/mol. The van der Waals surface area contributed by atoms with Crippen molar-refractivity contribution >= 4 is 17.7 Å². The van der Waals surface area contributed by atoms with E-state index in [1.165, 1.54) is 6.08 Å². The SMILES string of the molecule is CC1=CC(=O)N(CC(=O)N2CCCC2)C1=O. The predicted octanol–water partition coefficient (Wildman–Crippen LogP) is -0.0761. The number of imide groups is 1. The third-order valence-electron chi connectivity index (χ3n) is 2.94. The summed E-state index contributed by atoms with van der Waals surface area (Å²) in [6.07, 6.45) is 3.29. The second-order valence-electron chi connectivity index (χ2n) is 4.14. The number of carbonyl (C=O) groups is 3. The second kappa shape index (κ2) is 4.08. The Kier molecular flexibility index (Phi) is 2.77. The molecule has 3 amide bonds. The molecule has 0 aliphatic carbocycles. The summed E-state index contributed by atoms with van der Waals surface area (Å²) in [5, 5.41) is 0. The van der Waals surface area contributed by atoms with E-state index in [4.69, 9.17) is 0 Å². The van der Waals surface area contributed by atoms with E-state index in [1.807, 2.05) is 0 Å². The minimum absolute atomic E-state index is 0.120. The Labute approximate surface area is 93.7 Å². The molecule has 0 bridgehead atoms. The predicted molar refractivity (Wildman–Crippen MR) is 56.3 cm³/mol. The number of amides is 3. The van der Waals surface area contributed by atoms with Gasteiger partial charge in [-0.1, -0.05) is 0 Å². The van der Waals surface area contributed by atoms with Gasteiger partial charge in [0, 0.05) is 24.7 Å². The summed E-state index contributed by atoms with van der Waals surface area (Å²) in [7, 11) is 0. The molecule has 5 nitrogen and oxygen atoms in total. The lowest BCUT2D eigenvalue weighted by Crippen LogP contribution is -2.42. The van der Waals surface area contributed by atoms with Gasteiger partial charge in [0.25, 0.3) is 11.8 Å². The van der Waals surface area contributed by atoms with Gasteiger partial charge in [0.05, 0.1) is 0 Å². The lowest BCUT2D eigenvalue weighted by Gasteiger charge is -2.19. The summed E-state index contributed by atoms with van der Waals surface area (Å²) in [5.41, 5.74) is 0.402. The van der Waals surface area contributed by atoms with Crippen LogP contribution in [0.25, 0.3) is 0 Å². The van der Waals surface area contributed by atoms with Crippen LogP contribution in [0.3, 0.4) is 0 Å². The van der Waals surface area contributed by atoms with Crippen molar-refractivity contribution in [3.05, 3.63) is 11.6 Å². The van der Waals surface area contributed by atoms with Crippen molar-refractivity contribution in [3.8, 4) is 0 Å². The molecule has 0 spiro atoms. The molecule has 5 heteroatoms. The first-order valence-corrected chi connectivity index (χ1v) is 5.41. The maximum atomic E-state index is 11.8. The van der Waals surface area contributed by atoms with E-state index in [0.29, 0.717) is 5.57 Å². The van der Waals surface area contributed by atoms with Crippen molar-refractivity contribution in [3.63, 3.8) is 0 Å². The van der Waals surface area contributed by atoms with Crippen molar-refractivity contribution in [2.24, 2.45) is 0 Å². The third kappa shape index (κ3) is 1.85. The summed E-state index contributed by atoms with van der Waals surface area (Å²) in [6.45, 7) is 2.94. The summed E-state index contributed by atoms with van der Waals surface area (Å²) in [4.78, 5) is 37.4. The molecular formula is C11H14N2O3. The number of hydrogen-bond acceptors (Lipinski definition) is 3. The van der Waals surface area contributed by atoms with E-state index in [-0.39, 0.29) is 24.3 Å². The standard InChI is InChI=1S/C11H14N2O3/c1-8-6-9(14)13(11(8)16)7-10(15)12-4-2-3-5-12/h6H,2-5,7H2,1H3. The molecule has 0 N–H and O–H groups in total. The number of nitrogens with zero attached hydrogens (tertiary/aromatic N) is 2. The maximum absolute atomic E-state index is 11.8. The van der Waals surface area contributed by atoms with E-state index >= 15 is 0 Å². The van der Waals surface area contributed by atoms with Crippen LogP contribution in [0.15, 0.2) is 11.6 Å². The molecule has 2 rings (SSSR count). The second-order valence-corrected chi connectivity index (χ2v) is 4.14. The molecule has 86 valence electrons. The Morgan fingerprint density at radius 2 is 1.94 bits per heavy atom. The molecule has 0 atom stereocenters. The van der Waals surface area contributed by atoms with Gasteiger partial charge in [0.1, 0.15) is 6.54 Å². The normalized spacial score (nSPS) is 20.7. The highest BCUT2D eigenvalue weighted by molar-refractivity contribution is 6.17. The number of rotatable bonds is 2. The fourth-order valence-corrected chi connectivity index (χ4v) is 1.99. The zero-order valence-corrected chi connectivity index (χ0v) is 9.23. The molecule has 0 unspecified atom stereocenters. The van der Waals surface area contributed by atoms with Crippen LogP contribution in [0.4, 0.5) is 0 Å². The highest BCUT2D eigenvalue weighted by Gasteiger charge is 2.31. The summed E-state index contributed by atoms with van der Waals surface area (Å²) in [5.74, 6) is -0.866. The molecule has 1 fully saturated rings. The zero-order valence-electron chi connectivity index (χ0n) is 9.23. The Morgan fingerprint density at radius 3 is 2.44 bits per heavy atom. The molecule has 16 heavy (non-hydrogen) atoms. The first kappa shape index (κ1) is 10.9. The van der Waals surface area contributed by atoms with E-state index in [2.05, 4.69) is 0 Å². The van der Waals surface area contributed by atoms with E-state index in [0.717, 1.165) is 30.8 Å². The molecule has 1 saturated heterocycles. The molecule has 2 aliphatic rings. The van der Waals surface area contributed by atoms with Crippen LogP contribution in [0.2, 0.25) is 0 Å². The van der Waals surface area contributed by atoms with Gasteiger partial charge in [0.15, 0.2) is 0 Å². The minimum Gasteiger partial charge on any atom is -0.341 e. The van der Waals surface area contributed by atoms with Crippen LogP contribution in [-0.4, -0.2) is 47.2 Å². The molecule has 0 saturated carbocycles. The highest BCUT2D eigenvalue weighted by atomic mass is 16.2. The first-order chi connectivity index (χ1) is 7.59. The van der Waals surface area contributed by atoms with Crippen LogP contribution in [0, 0.1) is 0 Å². The lowest BCUT2D eigenvalue weighted by atomic mass is 10.3. The third-order valence-corrected chi connectivity index (χ3v) is 2.94. The van der Waals surface area contributed by atoms with Crippen LogP contribution < -0.4 is 0 Å². The van der Waals surface area contributed by atoms with Crippen LogP contribution in [0.1, 0.15) is 19.8 Å². The fraction of sp³-hybridized carbons (Fsp3) is 0.545. The first-order valence-electron chi connectivity index (χ1n) is 5.41. The zero-order chi connectivity index (χ0) is 11.7.